The molecule has 0 aliphatic carbocycles. The summed E-state index contributed by atoms with van der Waals surface area (Å²) >= 11 is 0. The fourth-order valence-electron chi connectivity index (χ4n) is 1.71. The fraction of sp³-hybridized carbons (Fsp3) is 0.111. The predicted octanol–water partition coefficient (Wildman–Crippen LogP) is 1.13. The van der Waals surface area contributed by atoms with Gasteiger partial charge < -0.3 is 0 Å². The van der Waals surface area contributed by atoms with Crippen LogP contribution in [0.15, 0.2) is 30.5 Å². The van der Waals surface area contributed by atoms with Crippen LogP contribution in [-0.2, 0) is 0 Å². The van der Waals surface area contributed by atoms with Crippen molar-refractivity contribution in [2.45, 2.75) is 0 Å². The van der Waals surface area contributed by atoms with Gasteiger partial charge >= 0.3 is 0 Å². The van der Waals surface area contributed by atoms with Gasteiger partial charge in [-0.2, -0.15) is 0 Å². The van der Waals surface area contributed by atoms with Crippen LogP contribution in [-0.4, -0.2) is 27.6 Å². The summed E-state index contributed by atoms with van der Waals surface area (Å²) in [5.41, 5.74) is 5.34. The number of hydrogen-bond acceptors (Lipinski definition) is 5. The Bertz CT molecular complexity index is 465. The highest BCUT2D eigenvalue weighted by Gasteiger charge is 2.26. The molecule has 2 aromatic rings. The van der Waals surface area contributed by atoms with Gasteiger partial charge in [0.25, 0.3) is 0 Å². The van der Waals surface area contributed by atoms with E-state index in [2.05, 4.69) is 20.8 Å². The van der Waals surface area contributed by atoms with Crippen LogP contribution in [0.4, 0.5) is 17.2 Å². The molecule has 1 aliphatic rings. The monoisotopic (exact) mass is 202 g/mol. The fourth-order valence-corrected chi connectivity index (χ4v) is 1.71. The number of H-pyrrole nitrogens is 1. The van der Waals surface area contributed by atoms with E-state index in [-0.39, 0.29) is 0 Å². The Labute approximate surface area is 86.4 Å². The molecule has 2 heterocycles. The normalized spacial score (nSPS) is 15.1. The topological polar surface area (TPSA) is 60.1 Å². The van der Waals surface area contributed by atoms with E-state index in [4.69, 9.17) is 0 Å². The first-order valence-corrected chi connectivity index (χ1v) is 4.62. The molecule has 0 unspecified atom stereocenters. The Morgan fingerprint density at radius 1 is 1.27 bits per heavy atom. The number of benzene rings is 1. The van der Waals surface area contributed by atoms with Gasteiger partial charge in [0, 0.05) is 7.05 Å². The first-order chi connectivity index (χ1) is 7.36. The lowest BCUT2D eigenvalue weighted by atomic mass is 10.3. The van der Waals surface area contributed by atoms with Crippen molar-refractivity contribution in [3.63, 3.8) is 0 Å². The lowest BCUT2D eigenvalue weighted by Crippen LogP contribution is -2.34. The van der Waals surface area contributed by atoms with Gasteiger partial charge in [0.05, 0.1) is 17.6 Å². The zero-order chi connectivity index (χ0) is 10.3. The van der Waals surface area contributed by atoms with E-state index in [1.165, 1.54) is 0 Å². The van der Waals surface area contributed by atoms with Crippen LogP contribution in [0.1, 0.15) is 0 Å². The van der Waals surface area contributed by atoms with Gasteiger partial charge in [-0.05, 0) is 12.1 Å². The summed E-state index contributed by atoms with van der Waals surface area (Å²) < 4.78 is 0. The lowest BCUT2D eigenvalue weighted by molar-refractivity contribution is 0.429. The molecule has 0 radical (unpaired) electrons. The Hall–Kier alpha value is -2.08. The number of aromatic nitrogens is 3. The molecule has 15 heavy (non-hydrogen) atoms. The van der Waals surface area contributed by atoms with Gasteiger partial charge in [0.1, 0.15) is 0 Å². The van der Waals surface area contributed by atoms with Crippen molar-refractivity contribution in [3.05, 3.63) is 30.5 Å². The van der Waals surface area contributed by atoms with Crippen molar-refractivity contribution in [1.82, 2.24) is 20.5 Å². The Kier molecular flexibility index (Phi) is 1.63. The minimum absolute atomic E-state index is 0.759. The quantitative estimate of drug-likeness (QED) is 0.726. The molecule has 76 valence electrons. The highest BCUT2D eigenvalue weighted by atomic mass is 15.8. The minimum atomic E-state index is 0.759. The van der Waals surface area contributed by atoms with Gasteiger partial charge in [-0.25, -0.2) is 5.01 Å². The average Bonchev–Trinajstić information content (AvgIpc) is 2.82. The summed E-state index contributed by atoms with van der Waals surface area (Å²) in [5, 5.41) is 14.2. The third kappa shape index (κ3) is 1.15. The number of nitrogens with one attached hydrogen (secondary N) is 2. The molecule has 3 rings (SSSR count). The van der Waals surface area contributed by atoms with Gasteiger partial charge in [-0.3, -0.25) is 10.5 Å². The van der Waals surface area contributed by atoms with Crippen LogP contribution in [0.25, 0.3) is 0 Å². The summed E-state index contributed by atoms with van der Waals surface area (Å²) in [4.78, 5) is 0. The molecule has 6 nitrogen and oxygen atoms in total. The van der Waals surface area contributed by atoms with Gasteiger partial charge in [-0.1, -0.05) is 17.3 Å². The van der Waals surface area contributed by atoms with Gasteiger partial charge in [0.2, 0.25) is 0 Å². The third-order valence-electron chi connectivity index (χ3n) is 2.34. The molecule has 6 heteroatoms. The molecule has 0 amide bonds. The van der Waals surface area contributed by atoms with E-state index in [1.807, 2.05) is 41.4 Å². The lowest BCUT2D eigenvalue weighted by Gasteiger charge is -2.22. The number of para-hydroxylation sites is 2. The van der Waals surface area contributed by atoms with Gasteiger partial charge in [-0.15, -0.1) is 10.2 Å². The molecular formula is C9H10N6. The van der Waals surface area contributed by atoms with Gasteiger partial charge in [0.15, 0.2) is 5.82 Å². The van der Waals surface area contributed by atoms with Crippen molar-refractivity contribution >= 4 is 17.2 Å². The number of anilines is 3. The third-order valence-corrected chi connectivity index (χ3v) is 2.34. The molecule has 1 aliphatic heterocycles. The van der Waals surface area contributed by atoms with Crippen LogP contribution in [0.3, 0.4) is 0 Å². The summed E-state index contributed by atoms with van der Waals surface area (Å²) in [5.74, 6) is 0.759. The standard InChI is InChI=1S/C9H10N6/c1-14-12-7-4-2-3-5-8(7)15(14)9-6-10-13-11-9/h2-6,12H,1H3,(H,10,11,13). The van der Waals surface area contributed by atoms with Crippen molar-refractivity contribution in [2.75, 3.05) is 17.5 Å². The molecule has 0 saturated heterocycles. The molecule has 1 aromatic carbocycles. The number of hydrazine groups is 2. The summed E-state index contributed by atoms with van der Waals surface area (Å²) in [6, 6.07) is 8.03. The summed E-state index contributed by atoms with van der Waals surface area (Å²) in [6.45, 7) is 0. The first-order valence-electron chi connectivity index (χ1n) is 4.62. The second kappa shape index (κ2) is 2.96. The molecule has 0 saturated carbocycles. The second-order valence-corrected chi connectivity index (χ2v) is 3.30. The van der Waals surface area contributed by atoms with Crippen LogP contribution >= 0.6 is 0 Å². The Morgan fingerprint density at radius 3 is 2.93 bits per heavy atom. The maximum atomic E-state index is 3.99. The van der Waals surface area contributed by atoms with Crippen LogP contribution in [0.2, 0.25) is 0 Å². The van der Waals surface area contributed by atoms with Crippen molar-refractivity contribution < 1.29 is 0 Å². The van der Waals surface area contributed by atoms with E-state index in [0.717, 1.165) is 17.2 Å². The number of hydrogen-bond donors (Lipinski definition) is 2. The Balaban J connectivity index is 2.10. The maximum absolute atomic E-state index is 3.99. The molecule has 0 atom stereocenters. The highest BCUT2D eigenvalue weighted by Crippen LogP contribution is 2.36. The first kappa shape index (κ1) is 8.25. The van der Waals surface area contributed by atoms with Crippen LogP contribution < -0.4 is 10.4 Å². The zero-order valence-corrected chi connectivity index (χ0v) is 8.18. The zero-order valence-electron chi connectivity index (χ0n) is 8.18. The molecular weight excluding hydrogens is 192 g/mol. The van der Waals surface area contributed by atoms with Crippen molar-refractivity contribution in [2.24, 2.45) is 0 Å². The average molecular weight is 202 g/mol. The molecule has 0 spiro atoms. The van der Waals surface area contributed by atoms with E-state index in [0.29, 0.717) is 0 Å². The largest absolute Gasteiger partial charge is 0.299 e. The molecule has 0 fully saturated rings. The van der Waals surface area contributed by atoms with E-state index in [1.54, 1.807) is 6.20 Å². The number of nitrogens with zero attached hydrogens (tertiary/aromatic N) is 4. The summed E-state index contributed by atoms with van der Waals surface area (Å²) in [7, 11) is 1.93. The molecule has 0 bridgehead atoms. The van der Waals surface area contributed by atoms with Crippen LogP contribution in [0.5, 0.6) is 0 Å². The van der Waals surface area contributed by atoms with Crippen LogP contribution in [0, 0.1) is 0 Å². The van der Waals surface area contributed by atoms with Crippen molar-refractivity contribution in [1.29, 1.82) is 0 Å². The SMILES string of the molecule is CN1Nc2ccccc2N1c1c[nH]nn1. The Morgan fingerprint density at radius 2 is 2.13 bits per heavy atom. The molecule has 2 N–H and O–H groups in total. The number of aromatic amines is 1. The maximum Gasteiger partial charge on any atom is 0.191 e. The second-order valence-electron chi connectivity index (χ2n) is 3.30. The predicted molar refractivity (Wildman–Crippen MR) is 56.3 cm³/mol. The van der Waals surface area contributed by atoms with Crippen molar-refractivity contribution in [3.8, 4) is 0 Å². The van der Waals surface area contributed by atoms with E-state index in [9.17, 15) is 0 Å². The number of rotatable bonds is 1. The van der Waals surface area contributed by atoms with E-state index < -0.39 is 0 Å². The summed E-state index contributed by atoms with van der Waals surface area (Å²) in [6.07, 6.45) is 1.75. The molecule has 1 aromatic heterocycles. The smallest absolute Gasteiger partial charge is 0.191 e. The minimum Gasteiger partial charge on any atom is -0.299 e. The van der Waals surface area contributed by atoms with E-state index >= 15 is 0 Å². The number of fused-ring (bicyclic) bond motifs is 1. The highest BCUT2D eigenvalue weighted by molar-refractivity contribution is 5.77.